The number of pyridine rings is 1. The lowest BCUT2D eigenvalue weighted by Crippen LogP contribution is -2.47. The van der Waals surface area contributed by atoms with Gasteiger partial charge >= 0.3 is 6.18 Å². The van der Waals surface area contributed by atoms with Crippen molar-refractivity contribution in [1.29, 1.82) is 5.26 Å². The van der Waals surface area contributed by atoms with Crippen molar-refractivity contribution in [2.75, 3.05) is 42.9 Å². The van der Waals surface area contributed by atoms with E-state index in [1.165, 1.54) is 0 Å². The Morgan fingerprint density at radius 3 is 2.57 bits per heavy atom. The molecule has 1 aliphatic heterocycles. The molecule has 6 nitrogen and oxygen atoms in total. The molecule has 2 aromatic rings. The first kappa shape index (κ1) is 21.9. The summed E-state index contributed by atoms with van der Waals surface area (Å²) in [6, 6.07) is 9.71. The zero-order valence-corrected chi connectivity index (χ0v) is 16.7. The van der Waals surface area contributed by atoms with E-state index < -0.39 is 11.7 Å². The fourth-order valence-corrected chi connectivity index (χ4v) is 3.45. The number of aromatic nitrogens is 1. The Morgan fingerprint density at radius 1 is 1.23 bits per heavy atom. The number of rotatable bonds is 5. The lowest BCUT2D eigenvalue weighted by Gasteiger charge is -2.35. The number of piperazine rings is 1. The first-order valence-corrected chi connectivity index (χ1v) is 9.65. The van der Waals surface area contributed by atoms with E-state index in [0.29, 0.717) is 49.8 Å². The van der Waals surface area contributed by atoms with Gasteiger partial charge in [-0.3, -0.25) is 9.69 Å². The number of benzene rings is 1. The van der Waals surface area contributed by atoms with Gasteiger partial charge < -0.3 is 10.2 Å². The van der Waals surface area contributed by atoms with E-state index in [1.54, 1.807) is 24.3 Å². The van der Waals surface area contributed by atoms with Crippen molar-refractivity contribution in [3.63, 3.8) is 0 Å². The summed E-state index contributed by atoms with van der Waals surface area (Å²) in [5.74, 6) is 0.141. The molecule has 1 N–H and O–H groups in total. The molecule has 0 bridgehead atoms. The van der Waals surface area contributed by atoms with Crippen LogP contribution in [0.4, 0.5) is 24.7 Å². The van der Waals surface area contributed by atoms with Crippen LogP contribution in [-0.2, 0) is 11.0 Å². The van der Waals surface area contributed by atoms with Crippen molar-refractivity contribution >= 4 is 29.0 Å². The topological polar surface area (TPSA) is 72.3 Å². The maximum atomic E-state index is 12.8. The molecule has 3 rings (SSSR count). The summed E-state index contributed by atoms with van der Waals surface area (Å²) < 4.78 is 38.3. The molecule has 1 aliphatic rings. The normalized spacial score (nSPS) is 15.0. The first-order valence-electron chi connectivity index (χ1n) is 9.27. The minimum absolute atomic E-state index is 0.0335. The summed E-state index contributed by atoms with van der Waals surface area (Å²) in [6.45, 7) is 2.86. The number of para-hydroxylation sites is 1. The number of carbonyl (C=O) groups excluding carboxylic acids is 1. The van der Waals surface area contributed by atoms with E-state index in [9.17, 15) is 18.0 Å². The Labute approximate surface area is 176 Å². The van der Waals surface area contributed by atoms with Crippen LogP contribution in [0.5, 0.6) is 0 Å². The number of hydrogen-bond acceptors (Lipinski definition) is 5. The van der Waals surface area contributed by atoms with E-state index in [1.807, 2.05) is 11.0 Å². The predicted octanol–water partition coefficient (Wildman–Crippen LogP) is 3.78. The standard InChI is InChI=1S/C20H19ClF3N5O/c21-16-11-15(20(22,23)24)13-26-19(16)29-9-7-28(8-10-29)6-5-18(30)27-17-4-2-1-3-14(17)12-25/h1-4,11,13H,5-10H2,(H,27,30). The number of amides is 1. The second kappa shape index (κ2) is 9.32. The summed E-state index contributed by atoms with van der Waals surface area (Å²) >= 11 is 6.02. The summed E-state index contributed by atoms with van der Waals surface area (Å²) in [5, 5.41) is 11.8. The van der Waals surface area contributed by atoms with Crippen LogP contribution in [0.15, 0.2) is 36.5 Å². The first-order chi connectivity index (χ1) is 14.3. The second-order valence-electron chi connectivity index (χ2n) is 6.81. The van der Waals surface area contributed by atoms with Crippen LogP contribution >= 0.6 is 11.6 Å². The van der Waals surface area contributed by atoms with E-state index in [2.05, 4.69) is 15.2 Å². The average Bonchev–Trinajstić information content (AvgIpc) is 2.72. The highest BCUT2D eigenvalue weighted by Crippen LogP contribution is 2.33. The van der Waals surface area contributed by atoms with Gasteiger partial charge in [-0.15, -0.1) is 0 Å². The molecule has 10 heteroatoms. The molecule has 30 heavy (non-hydrogen) atoms. The lowest BCUT2D eigenvalue weighted by atomic mass is 10.2. The van der Waals surface area contributed by atoms with Gasteiger partial charge in [0.15, 0.2) is 0 Å². The summed E-state index contributed by atoms with van der Waals surface area (Å²) in [6.07, 6.45) is -3.43. The smallest absolute Gasteiger partial charge is 0.353 e. The number of nitriles is 1. The quantitative estimate of drug-likeness (QED) is 0.770. The molecule has 1 aromatic carbocycles. The minimum Gasteiger partial charge on any atom is -0.353 e. The van der Waals surface area contributed by atoms with Crippen LogP contribution in [0.25, 0.3) is 0 Å². The van der Waals surface area contributed by atoms with Gasteiger partial charge in [0, 0.05) is 45.3 Å². The monoisotopic (exact) mass is 437 g/mol. The van der Waals surface area contributed by atoms with Crippen molar-refractivity contribution in [3.05, 3.63) is 52.7 Å². The van der Waals surface area contributed by atoms with Crippen molar-refractivity contribution in [3.8, 4) is 6.07 Å². The van der Waals surface area contributed by atoms with Crippen LogP contribution in [-0.4, -0.2) is 48.5 Å². The third-order valence-electron chi connectivity index (χ3n) is 4.80. The SMILES string of the molecule is N#Cc1ccccc1NC(=O)CCN1CCN(c2ncc(C(F)(F)F)cc2Cl)CC1. The third kappa shape index (κ3) is 5.40. The van der Waals surface area contributed by atoms with Crippen LogP contribution in [0, 0.1) is 11.3 Å². The fraction of sp³-hybridized carbons (Fsp3) is 0.350. The van der Waals surface area contributed by atoms with Crippen LogP contribution in [0.2, 0.25) is 5.02 Å². The van der Waals surface area contributed by atoms with Gasteiger partial charge in [-0.25, -0.2) is 4.98 Å². The molecular weight excluding hydrogens is 419 g/mol. The van der Waals surface area contributed by atoms with Crippen LogP contribution in [0.3, 0.4) is 0 Å². The molecule has 0 atom stereocenters. The Kier molecular flexibility index (Phi) is 6.80. The van der Waals surface area contributed by atoms with Gasteiger partial charge in [0.25, 0.3) is 0 Å². The molecule has 0 radical (unpaired) electrons. The van der Waals surface area contributed by atoms with Crippen molar-refractivity contribution in [2.45, 2.75) is 12.6 Å². The van der Waals surface area contributed by atoms with Crippen molar-refractivity contribution < 1.29 is 18.0 Å². The number of anilines is 2. The number of nitrogens with zero attached hydrogens (tertiary/aromatic N) is 4. The minimum atomic E-state index is -4.48. The molecule has 0 unspecified atom stereocenters. The van der Waals surface area contributed by atoms with Crippen molar-refractivity contribution in [2.24, 2.45) is 0 Å². The average molecular weight is 438 g/mol. The largest absolute Gasteiger partial charge is 0.417 e. The maximum absolute atomic E-state index is 12.8. The Morgan fingerprint density at radius 2 is 1.93 bits per heavy atom. The molecular formula is C20H19ClF3N5O. The second-order valence-corrected chi connectivity index (χ2v) is 7.22. The lowest BCUT2D eigenvalue weighted by molar-refractivity contribution is -0.137. The highest BCUT2D eigenvalue weighted by molar-refractivity contribution is 6.33. The van der Waals surface area contributed by atoms with Gasteiger partial charge in [-0.2, -0.15) is 18.4 Å². The summed E-state index contributed by atoms with van der Waals surface area (Å²) in [5.41, 5.74) is 0.0112. The molecule has 1 amide bonds. The Balaban J connectivity index is 1.49. The van der Waals surface area contributed by atoms with Crippen LogP contribution < -0.4 is 10.2 Å². The predicted molar refractivity (Wildman–Crippen MR) is 107 cm³/mol. The van der Waals surface area contributed by atoms with Gasteiger partial charge in [-0.05, 0) is 18.2 Å². The highest BCUT2D eigenvalue weighted by Gasteiger charge is 2.32. The van der Waals surface area contributed by atoms with Gasteiger partial charge in [0.2, 0.25) is 5.91 Å². The summed E-state index contributed by atoms with van der Waals surface area (Å²) in [7, 11) is 0. The number of alkyl halides is 3. The number of nitrogens with one attached hydrogen (secondary N) is 1. The maximum Gasteiger partial charge on any atom is 0.417 e. The van der Waals surface area contributed by atoms with Gasteiger partial charge in [-0.1, -0.05) is 23.7 Å². The highest BCUT2D eigenvalue weighted by atomic mass is 35.5. The molecule has 0 saturated carbocycles. The molecule has 158 valence electrons. The van der Waals surface area contributed by atoms with E-state index in [0.717, 1.165) is 12.3 Å². The van der Waals surface area contributed by atoms with Crippen molar-refractivity contribution in [1.82, 2.24) is 9.88 Å². The van der Waals surface area contributed by atoms with Gasteiger partial charge in [0.1, 0.15) is 11.9 Å². The number of carbonyl (C=O) groups is 1. The fourth-order valence-electron chi connectivity index (χ4n) is 3.16. The zero-order valence-electron chi connectivity index (χ0n) is 15.9. The summed E-state index contributed by atoms with van der Waals surface area (Å²) in [4.78, 5) is 20.0. The number of hydrogen-bond donors (Lipinski definition) is 1. The van der Waals surface area contributed by atoms with Gasteiger partial charge in [0.05, 0.1) is 21.8 Å². The Hall–Kier alpha value is -2.83. The van der Waals surface area contributed by atoms with E-state index >= 15 is 0 Å². The number of halogens is 4. The zero-order chi connectivity index (χ0) is 21.7. The Bertz CT molecular complexity index is 952. The van der Waals surface area contributed by atoms with E-state index in [-0.39, 0.29) is 17.4 Å². The molecule has 1 saturated heterocycles. The van der Waals surface area contributed by atoms with Crippen LogP contribution in [0.1, 0.15) is 17.5 Å². The molecule has 0 aliphatic carbocycles. The molecule has 1 aromatic heterocycles. The third-order valence-corrected chi connectivity index (χ3v) is 5.08. The molecule has 2 heterocycles. The molecule has 0 spiro atoms. The van der Waals surface area contributed by atoms with E-state index in [4.69, 9.17) is 16.9 Å². The molecule has 1 fully saturated rings.